The zero-order valence-corrected chi connectivity index (χ0v) is 10.3. The van der Waals surface area contributed by atoms with Gasteiger partial charge >= 0.3 is 0 Å². The second-order valence-corrected chi connectivity index (χ2v) is 4.10. The molecule has 2 amide bonds. The highest BCUT2D eigenvalue weighted by molar-refractivity contribution is 6.52. The van der Waals surface area contributed by atoms with Gasteiger partial charge in [-0.3, -0.25) is 19.3 Å². The van der Waals surface area contributed by atoms with Gasteiger partial charge in [0.05, 0.1) is 11.3 Å². The van der Waals surface area contributed by atoms with Gasteiger partial charge in [0.15, 0.2) is 0 Å². The molecule has 0 spiro atoms. The van der Waals surface area contributed by atoms with Crippen LogP contribution in [0.4, 0.5) is 5.69 Å². The minimum atomic E-state index is -0.637. The van der Waals surface area contributed by atoms with Gasteiger partial charge in [-0.15, -0.1) is 0 Å². The zero-order chi connectivity index (χ0) is 13.3. The first-order chi connectivity index (χ1) is 8.58. The standard InChI is InChI=1S/C13H14N2O3/c1-3-8-4-5-10-9(6-8)12(17)13(18)15(10)7-11(16)14-2/h4-6H,3,7H2,1-2H3,(H,14,16). The Labute approximate surface area is 105 Å². The van der Waals surface area contributed by atoms with Crippen molar-refractivity contribution in [1.82, 2.24) is 5.32 Å². The number of likely N-dealkylation sites (N-methyl/N-ethyl adjacent to an activating group) is 1. The largest absolute Gasteiger partial charge is 0.358 e. The third-order valence-corrected chi connectivity index (χ3v) is 3.02. The van der Waals surface area contributed by atoms with E-state index in [4.69, 9.17) is 0 Å². The van der Waals surface area contributed by atoms with Gasteiger partial charge in [0.25, 0.3) is 11.7 Å². The van der Waals surface area contributed by atoms with E-state index < -0.39 is 11.7 Å². The summed E-state index contributed by atoms with van der Waals surface area (Å²) in [7, 11) is 1.49. The van der Waals surface area contributed by atoms with Gasteiger partial charge in [0, 0.05) is 7.05 Å². The van der Waals surface area contributed by atoms with E-state index in [9.17, 15) is 14.4 Å². The molecule has 0 bridgehead atoms. The Morgan fingerprint density at radius 2 is 2.06 bits per heavy atom. The van der Waals surface area contributed by atoms with E-state index in [1.165, 1.54) is 11.9 Å². The summed E-state index contributed by atoms with van der Waals surface area (Å²) in [6, 6.07) is 5.31. The molecule has 1 aromatic rings. The van der Waals surface area contributed by atoms with Crippen molar-refractivity contribution in [1.29, 1.82) is 0 Å². The molecule has 18 heavy (non-hydrogen) atoms. The maximum absolute atomic E-state index is 11.8. The lowest BCUT2D eigenvalue weighted by Gasteiger charge is -2.15. The number of hydrogen-bond donors (Lipinski definition) is 1. The Balaban J connectivity index is 2.40. The number of aryl methyl sites for hydroxylation is 1. The molecule has 1 aliphatic rings. The molecule has 0 unspecified atom stereocenters. The molecule has 0 aromatic heterocycles. The fraction of sp³-hybridized carbons (Fsp3) is 0.308. The summed E-state index contributed by atoms with van der Waals surface area (Å²) in [4.78, 5) is 36.2. The Morgan fingerprint density at radius 3 is 2.67 bits per heavy atom. The smallest absolute Gasteiger partial charge is 0.299 e. The van der Waals surface area contributed by atoms with Crippen molar-refractivity contribution >= 4 is 23.3 Å². The Bertz CT molecular complexity index is 537. The molecule has 94 valence electrons. The molecular formula is C13H14N2O3. The van der Waals surface area contributed by atoms with Crippen molar-refractivity contribution in [3.63, 3.8) is 0 Å². The molecule has 2 rings (SSSR count). The summed E-state index contributed by atoms with van der Waals surface area (Å²) in [5.74, 6) is -1.48. The second kappa shape index (κ2) is 4.60. The van der Waals surface area contributed by atoms with E-state index in [-0.39, 0.29) is 12.5 Å². The highest BCUT2D eigenvalue weighted by Crippen LogP contribution is 2.29. The van der Waals surface area contributed by atoms with Crippen LogP contribution in [-0.2, 0) is 16.0 Å². The average Bonchev–Trinajstić information content (AvgIpc) is 2.63. The topological polar surface area (TPSA) is 66.5 Å². The summed E-state index contributed by atoms with van der Waals surface area (Å²) in [6.07, 6.45) is 0.796. The van der Waals surface area contributed by atoms with Crippen LogP contribution in [0.3, 0.4) is 0 Å². The number of ketones is 1. The van der Waals surface area contributed by atoms with Crippen molar-refractivity contribution < 1.29 is 14.4 Å². The number of fused-ring (bicyclic) bond motifs is 1. The summed E-state index contributed by atoms with van der Waals surface area (Å²) in [6.45, 7) is 1.85. The SMILES string of the molecule is CCc1ccc2c(c1)C(=O)C(=O)N2CC(=O)NC. The van der Waals surface area contributed by atoms with Crippen LogP contribution < -0.4 is 10.2 Å². The molecule has 0 fully saturated rings. The molecule has 0 aliphatic carbocycles. The van der Waals surface area contributed by atoms with E-state index in [1.54, 1.807) is 12.1 Å². The first-order valence-corrected chi connectivity index (χ1v) is 5.78. The van der Waals surface area contributed by atoms with E-state index in [0.717, 1.165) is 12.0 Å². The number of benzene rings is 1. The molecule has 1 heterocycles. The number of Topliss-reactive ketones (excluding diaryl/α,β-unsaturated/α-hetero) is 1. The molecule has 1 aromatic carbocycles. The van der Waals surface area contributed by atoms with E-state index >= 15 is 0 Å². The molecule has 0 saturated heterocycles. The molecule has 5 heteroatoms. The van der Waals surface area contributed by atoms with E-state index in [0.29, 0.717) is 11.3 Å². The highest BCUT2D eigenvalue weighted by atomic mass is 16.2. The third-order valence-electron chi connectivity index (χ3n) is 3.02. The van der Waals surface area contributed by atoms with E-state index in [1.807, 2.05) is 13.0 Å². The first kappa shape index (κ1) is 12.3. The first-order valence-electron chi connectivity index (χ1n) is 5.78. The number of amides is 2. The Morgan fingerprint density at radius 1 is 1.33 bits per heavy atom. The molecule has 0 radical (unpaired) electrons. The van der Waals surface area contributed by atoms with Crippen molar-refractivity contribution in [3.05, 3.63) is 29.3 Å². The number of nitrogens with one attached hydrogen (secondary N) is 1. The summed E-state index contributed by atoms with van der Waals surface area (Å²) in [5, 5.41) is 2.44. The van der Waals surface area contributed by atoms with Crippen LogP contribution in [0.2, 0.25) is 0 Å². The summed E-state index contributed by atoms with van der Waals surface area (Å²) in [5.41, 5.74) is 1.91. The maximum Gasteiger partial charge on any atom is 0.299 e. The fourth-order valence-electron chi connectivity index (χ4n) is 1.95. The predicted octanol–water partition coefficient (Wildman–Crippen LogP) is 0.524. The summed E-state index contributed by atoms with van der Waals surface area (Å²) < 4.78 is 0. The highest BCUT2D eigenvalue weighted by Gasteiger charge is 2.36. The molecule has 1 N–H and O–H groups in total. The predicted molar refractivity (Wildman–Crippen MR) is 66.6 cm³/mol. The van der Waals surface area contributed by atoms with Crippen molar-refractivity contribution in [2.45, 2.75) is 13.3 Å². The quantitative estimate of drug-likeness (QED) is 0.791. The number of hydrogen-bond acceptors (Lipinski definition) is 3. The lowest BCUT2D eigenvalue weighted by atomic mass is 10.1. The number of carbonyl (C=O) groups is 3. The Kier molecular flexibility index (Phi) is 3.14. The van der Waals surface area contributed by atoms with Crippen molar-refractivity contribution in [3.8, 4) is 0 Å². The van der Waals surface area contributed by atoms with Crippen LogP contribution in [0.5, 0.6) is 0 Å². The van der Waals surface area contributed by atoms with Crippen LogP contribution in [0.25, 0.3) is 0 Å². The van der Waals surface area contributed by atoms with Gasteiger partial charge in [-0.05, 0) is 24.1 Å². The number of rotatable bonds is 3. The van der Waals surface area contributed by atoms with Crippen LogP contribution in [-0.4, -0.2) is 31.2 Å². The van der Waals surface area contributed by atoms with Crippen LogP contribution in [0.1, 0.15) is 22.8 Å². The average molecular weight is 246 g/mol. The molecule has 5 nitrogen and oxygen atoms in total. The van der Waals surface area contributed by atoms with Crippen LogP contribution >= 0.6 is 0 Å². The second-order valence-electron chi connectivity index (χ2n) is 4.10. The van der Waals surface area contributed by atoms with Crippen molar-refractivity contribution in [2.24, 2.45) is 0 Å². The molecule has 0 atom stereocenters. The minimum Gasteiger partial charge on any atom is -0.358 e. The van der Waals surface area contributed by atoms with Gasteiger partial charge in [-0.25, -0.2) is 0 Å². The normalized spacial score (nSPS) is 13.8. The van der Waals surface area contributed by atoms with Crippen LogP contribution in [0, 0.1) is 0 Å². The lowest BCUT2D eigenvalue weighted by molar-refractivity contribution is -0.121. The minimum absolute atomic E-state index is 0.125. The number of anilines is 1. The van der Waals surface area contributed by atoms with Gasteiger partial charge in [0.2, 0.25) is 5.91 Å². The lowest BCUT2D eigenvalue weighted by Crippen LogP contribution is -2.38. The molecular weight excluding hydrogens is 232 g/mol. The maximum atomic E-state index is 11.8. The Hall–Kier alpha value is -2.17. The monoisotopic (exact) mass is 246 g/mol. The molecule has 1 aliphatic heterocycles. The van der Waals surface area contributed by atoms with Gasteiger partial charge in [0.1, 0.15) is 6.54 Å². The summed E-state index contributed by atoms with van der Waals surface area (Å²) >= 11 is 0. The van der Waals surface area contributed by atoms with Crippen LogP contribution in [0.15, 0.2) is 18.2 Å². The van der Waals surface area contributed by atoms with Crippen molar-refractivity contribution in [2.75, 3.05) is 18.5 Å². The number of carbonyl (C=O) groups excluding carboxylic acids is 3. The van der Waals surface area contributed by atoms with Gasteiger partial charge in [-0.2, -0.15) is 0 Å². The van der Waals surface area contributed by atoms with E-state index in [2.05, 4.69) is 5.32 Å². The number of nitrogens with zero attached hydrogens (tertiary/aromatic N) is 1. The van der Waals surface area contributed by atoms with Gasteiger partial charge < -0.3 is 5.32 Å². The molecule has 0 saturated carbocycles. The zero-order valence-electron chi connectivity index (χ0n) is 10.3. The van der Waals surface area contributed by atoms with Gasteiger partial charge in [-0.1, -0.05) is 13.0 Å². The fourth-order valence-corrected chi connectivity index (χ4v) is 1.95. The third kappa shape index (κ3) is 1.88.